The first-order valence-corrected chi connectivity index (χ1v) is 19.3. The van der Waals surface area contributed by atoms with Crippen LogP contribution in [0.3, 0.4) is 0 Å². The van der Waals surface area contributed by atoms with Gasteiger partial charge in [0.2, 0.25) is 5.91 Å². The summed E-state index contributed by atoms with van der Waals surface area (Å²) in [5.74, 6) is 0.220. The second-order valence-corrected chi connectivity index (χ2v) is 14.4. The normalized spacial score (nSPS) is 16.8. The number of benzene rings is 5. The summed E-state index contributed by atoms with van der Waals surface area (Å²) in [6.45, 7) is 0.310. The number of hydrogen-bond donors (Lipinski definition) is 3. The molecule has 1 saturated heterocycles. The number of carbonyl (C=O) groups excluding carboxylic acids is 1. The first-order chi connectivity index (χ1) is 26.9. The number of nitrogens with zero attached hydrogens (tertiary/aromatic N) is 1. The van der Waals surface area contributed by atoms with Crippen molar-refractivity contribution in [1.82, 2.24) is 10.3 Å². The summed E-state index contributed by atoms with van der Waals surface area (Å²) >= 11 is 1.52. The van der Waals surface area contributed by atoms with Crippen LogP contribution in [0, 0.1) is 0 Å². The van der Waals surface area contributed by atoms with Crippen molar-refractivity contribution in [2.24, 2.45) is 0 Å². The van der Waals surface area contributed by atoms with Gasteiger partial charge in [-0.15, -0.1) is 0 Å². The summed E-state index contributed by atoms with van der Waals surface area (Å²) in [5.41, 5.74) is 8.32. The van der Waals surface area contributed by atoms with Crippen LogP contribution in [-0.2, 0) is 32.2 Å². The Hall–Kier alpha value is -5.52. The molecule has 3 N–H and O–H groups in total. The molecule has 0 aliphatic carbocycles. The lowest BCUT2D eigenvalue weighted by molar-refractivity contribution is -0.245. The first-order valence-electron chi connectivity index (χ1n) is 18.3. The molecule has 0 bridgehead atoms. The van der Waals surface area contributed by atoms with E-state index in [-0.39, 0.29) is 37.6 Å². The molecule has 1 aromatic heterocycles. The molecule has 2 heterocycles. The molecule has 0 spiro atoms. The fraction of sp³-hybridized carbons (Fsp3) is 0.222. The maximum atomic E-state index is 12.3. The van der Waals surface area contributed by atoms with Gasteiger partial charge in [-0.2, -0.15) is 0 Å². The third-order valence-corrected chi connectivity index (χ3v) is 10.4. The highest BCUT2D eigenvalue weighted by Gasteiger charge is 2.33. The van der Waals surface area contributed by atoms with Crippen molar-refractivity contribution < 1.29 is 33.7 Å². The van der Waals surface area contributed by atoms with Gasteiger partial charge in [0.25, 0.3) is 5.22 Å². The van der Waals surface area contributed by atoms with Crippen LogP contribution in [0.25, 0.3) is 33.7 Å². The van der Waals surface area contributed by atoms with E-state index >= 15 is 0 Å². The Bertz CT molecular complexity index is 2130. The fourth-order valence-electron chi connectivity index (χ4n) is 6.54. The zero-order chi connectivity index (χ0) is 38.0. The van der Waals surface area contributed by atoms with Gasteiger partial charge >= 0.3 is 5.97 Å². The highest BCUT2D eigenvalue weighted by Crippen LogP contribution is 2.41. The van der Waals surface area contributed by atoms with Crippen LogP contribution < -0.4 is 5.32 Å². The molecule has 1 aliphatic heterocycles. The van der Waals surface area contributed by atoms with E-state index in [1.165, 1.54) is 11.8 Å². The molecule has 9 nitrogen and oxygen atoms in total. The number of amides is 1. The topological polar surface area (TPSA) is 131 Å². The Morgan fingerprint density at radius 1 is 0.727 bits per heavy atom. The standard InChI is InChI=1S/C45H42N2O7S/c48-28-30-20-22-32(23-21-30)39-26-38(29-55-45-47-42(33-11-3-1-4-12-33)43(54-45)34-13-5-2-6-14-34)52-44(53-39)37-17-8-16-36(25-37)35-15-7-10-31(24-35)27-46-40(49)18-9-19-41(50)51/h1-8,10-17,20-25,38-39,44,48H,9,18-19,26-29H2,(H,46,49)(H,50,51)/t38-,39+,44+/m0/s1. The lowest BCUT2D eigenvalue weighted by atomic mass is 9.99. The predicted molar refractivity (Wildman–Crippen MR) is 212 cm³/mol. The fourth-order valence-corrected chi connectivity index (χ4v) is 7.38. The van der Waals surface area contributed by atoms with Crippen LogP contribution >= 0.6 is 11.8 Å². The second-order valence-electron chi connectivity index (χ2n) is 13.4. The molecule has 1 fully saturated rings. The minimum absolute atomic E-state index is 0.0314. The monoisotopic (exact) mass is 754 g/mol. The van der Waals surface area contributed by atoms with Crippen LogP contribution in [0.1, 0.15) is 60.3 Å². The van der Waals surface area contributed by atoms with Gasteiger partial charge in [0.15, 0.2) is 12.1 Å². The van der Waals surface area contributed by atoms with Crippen LogP contribution in [0.2, 0.25) is 0 Å². The maximum Gasteiger partial charge on any atom is 0.303 e. The molecule has 55 heavy (non-hydrogen) atoms. The zero-order valence-corrected chi connectivity index (χ0v) is 31.0. The van der Waals surface area contributed by atoms with Crippen LogP contribution in [0.5, 0.6) is 0 Å². The molecular weight excluding hydrogens is 713 g/mol. The smallest absolute Gasteiger partial charge is 0.303 e. The van der Waals surface area contributed by atoms with Gasteiger partial charge in [0.1, 0.15) is 5.69 Å². The molecule has 0 radical (unpaired) electrons. The molecule has 10 heteroatoms. The predicted octanol–water partition coefficient (Wildman–Crippen LogP) is 9.38. The quantitative estimate of drug-likeness (QED) is 0.0878. The molecular formula is C45H42N2O7S. The van der Waals surface area contributed by atoms with E-state index in [1.54, 1.807) is 0 Å². The number of nitrogens with one attached hydrogen (secondary N) is 1. The number of rotatable bonds is 15. The number of aliphatic hydroxyl groups is 1. The van der Waals surface area contributed by atoms with Crippen LogP contribution in [0.15, 0.2) is 143 Å². The summed E-state index contributed by atoms with van der Waals surface area (Å²) in [7, 11) is 0. The van der Waals surface area contributed by atoms with Crippen LogP contribution in [-0.4, -0.2) is 38.9 Å². The molecule has 7 rings (SSSR count). The highest BCUT2D eigenvalue weighted by molar-refractivity contribution is 7.99. The van der Waals surface area contributed by atoms with E-state index in [2.05, 4.69) is 11.4 Å². The molecule has 6 aromatic rings. The lowest BCUT2D eigenvalue weighted by Crippen LogP contribution is -2.31. The van der Waals surface area contributed by atoms with Crippen molar-refractivity contribution in [3.63, 3.8) is 0 Å². The number of hydrogen-bond acceptors (Lipinski definition) is 8. The lowest BCUT2D eigenvalue weighted by Gasteiger charge is -2.36. The van der Waals surface area contributed by atoms with Gasteiger partial charge in [0.05, 0.1) is 18.8 Å². The van der Waals surface area contributed by atoms with Crippen molar-refractivity contribution in [1.29, 1.82) is 0 Å². The summed E-state index contributed by atoms with van der Waals surface area (Å²) in [5, 5.41) is 22.0. The minimum atomic E-state index is -0.908. The number of carbonyl (C=O) groups is 2. The van der Waals surface area contributed by atoms with E-state index < -0.39 is 12.3 Å². The third-order valence-electron chi connectivity index (χ3n) is 9.40. The number of carboxylic acid groups (broad SMARTS) is 1. The number of aromatic nitrogens is 1. The third kappa shape index (κ3) is 9.97. The van der Waals surface area contributed by atoms with Crippen LogP contribution in [0.4, 0.5) is 0 Å². The van der Waals surface area contributed by atoms with E-state index in [0.29, 0.717) is 30.4 Å². The number of aliphatic carboxylic acids is 1. The largest absolute Gasteiger partial charge is 0.481 e. The number of aliphatic hydroxyl groups excluding tert-OH is 1. The van der Waals surface area contributed by atoms with Gasteiger partial charge in [-0.25, -0.2) is 4.98 Å². The number of thioether (sulfide) groups is 1. The first kappa shape index (κ1) is 37.8. The number of oxazole rings is 1. The Labute approximate surface area is 324 Å². The van der Waals surface area contributed by atoms with Crippen molar-refractivity contribution >= 4 is 23.6 Å². The maximum absolute atomic E-state index is 12.3. The Kier molecular flexibility index (Phi) is 12.5. The summed E-state index contributed by atoms with van der Waals surface area (Å²) in [4.78, 5) is 28.0. The highest BCUT2D eigenvalue weighted by atomic mass is 32.2. The van der Waals surface area contributed by atoms with E-state index in [9.17, 15) is 14.7 Å². The molecule has 0 saturated carbocycles. The van der Waals surface area contributed by atoms with Crippen molar-refractivity contribution in [3.05, 3.63) is 156 Å². The SMILES string of the molecule is O=C(O)CCCC(=O)NCc1cccc(-c2cccc([C@@H]3O[C@H](CSc4nc(-c5ccccc5)c(-c5ccccc5)o4)C[C@H](c4ccc(CO)cc4)O3)c2)c1. The molecule has 1 aliphatic rings. The molecule has 1 amide bonds. The number of ether oxygens (including phenoxy) is 2. The summed E-state index contributed by atoms with van der Waals surface area (Å²) in [6.07, 6.45) is -0.0581. The van der Waals surface area contributed by atoms with Gasteiger partial charge in [-0.05, 0) is 46.4 Å². The molecule has 0 unspecified atom stereocenters. The van der Waals surface area contributed by atoms with Gasteiger partial charge in [-0.1, -0.05) is 133 Å². The van der Waals surface area contributed by atoms with Gasteiger partial charge in [0, 0.05) is 48.3 Å². The summed E-state index contributed by atoms with van der Waals surface area (Å²) < 4.78 is 19.8. The van der Waals surface area contributed by atoms with Gasteiger partial charge in [-0.3, -0.25) is 9.59 Å². The molecule has 3 atom stereocenters. The Morgan fingerprint density at radius 3 is 2.15 bits per heavy atom. The molecule has 280 valence electrons. The average Bonchev–Trinajstić information content (AvgIpc) is 3.67. The Morgan fingerprint density at radius 2 is 1.42 bits per heavy atom. The number of carboxylic acids is 1. The van der Waals surface area contributed by atoms with E-state index in [0.717, 1.165) is 56.0 Å². The van der Waals surface area contributed by atoms with E-state index in [1.807, 2.05) is 127 Å². The zero-order valence-electron chi connectivity index (χ0n) is 30.2. The Balaban J connectivity index is 1.10. The second kappa shape index (κ2) is 18.2. The molecule has 5 aromatic carbocycles. The summed E-state index contributed by atoms with van der Waals surface area (Å²) in [6, 6.07) is 44.0. The van der Waals surface area contributed by atoms with Crippen molar-refractivity contribution in [2.45, 2.75) is 62.6 Å². The van der Waals surface area contributed by atoms with Crippen molar-refractivity contribution in [2.75, 3.05) is 5.75 Å². The van der Waals surface area contributed by atoms with E-state index in [4.69, 9.17) is 24.0 Å². The average molecular weight is 755 g/mol. The minimum Gasteiger partial charge on any atom is -0.481 e. The van der Waals surface area contributed by atoms with Gasteiger partial charge < -0.3 is 29.4 Å². The van der Waals surface area contributed by atoms with Crippen molar-refractivity contribution in [3.8, 4) is 33.7 Å².